The number of nitrogens with two attached hydrogens (primary N) is 1. The minimum Gasteiger partial charge on any atom is -0.497 e. The van der Waals surface area contributed by atoms with E-state index >= 15 is 0 Å². The van der Waals surface area contributed by atoms with E-state index in [1.54, 1.807) is 20.3 Å². The normalized spacial score (nSPS) is 14.3. The first kappa shape index (κ1) is 12.8. The van der Waals surface area contributed by atoms with Crippen LogP contribution in [-0.4, -0.2) is 32.5 Å². The summed E-state index contributed by atoms with van der Waals surface area (Å²) in [7, 11) is 3.19. The molecule has 0 amide bonds. The van der Waals surface area contributed by atoms with Crippen LogP contribution in [-0.2, 0) is 5.41 Å². The zero-order chi connectivity index (χ0) is 12.2. The molecule has 4 nitrogen and oxygen atoms in total. The quantitative estimate of drug-likeness (QED) is 0.782. The smallest absolute Gasteiger partial charge is 0.126 e. The maximum Gasteiger partial charge on any atom is 0.126 e. The van der Waals surface area contributed by atoms with Gasteiger partial charge in [-0.1, -0.05) is 13.0 Å². The Hall–Kier alpha value is -1.26. The second-order valence-corrected chi connectivity index (χ2v) is 3.99. The Morgan fingerprint density at radius 3 is 2.44 bits per heavy atom. The minimum atomic E-state index is -0.488. The molecule has 0 heterocycles. The summed E-state index contributed by atoms with van der Waals surface area (Å²) in [4.78, 5) is 0. The first-order valence-electron chi connectivity index (χ1n) is 5.14. The first-order chi connectivity index (χ1) is 7.61. The summed E-state index contributed by atoms with van der Waals surface area (Å²) in [5.41, 5.74) is 6.10. The standard InChI is InChI=1S/C12H19NO3/c1-12(7-13,8-14)10-5-4-9(15-2)6-11(10)16-3/h4-6,14H,7-8,13H2,1-3H3. The molecule has 0 radical (unpaired) electrons. The van der Waals surface area contributed by atoms with E-state index in [1.165, 1.54) is 0 Å². The van der Waals surface area contributed by atoms with Crippen LogP contribution in [0.5, 0.6) is 11.5 Å². The molecule has 1 aromatic carbocycles. The number of rotatable bonds is 5. The molecular formula is C12H19NO3. The molecule has 1 unspecified atom stereocenters. The zero-order valence-electron chi connectivity index (χ0n) is 9.99. The van der Waals surface area contributed by atoms with E-state index in [4.69, 9.17) is 15.2 Å². The topological polar surface area (TPSA) is 64.7 Å². The summed E-state index contributed by atoms with van der Waals surface area (Å²) in [5, 5.41) is 9.42. The fourth-order valence-corrected chi connectivity index (χ4v) is 1.56. The second-order valence-electron chi connectivity index (χ2n) is 3.99. The summed E-state index contributed by atoms with van der Waals surface area (Å²) in [6.45, 7) is 2.23. The van der Waals surface area contributed by atoms with E-state index in [9.17, 15) is 5.11 Å². The second kappa shape index (κ2) is 5.18. The molecular weight excluding hydrogens is 206 g/mol. The molecule has 0 aliphatic rings. The van der Waals surface area contributed by atoms with Gasteiger partial charge >= 0.3 is 0 Å². The van der Waals surface area contributed by atoms with Crippen molar-refractivity contribution in [2.24, 2.45) is 5.73 Å². The molecule has 1 atom stereocenters. The van der Waals surface area contributed by atoms with Crippen molar-refractivity contribution in [1.82, 2.24) is 0 Å². The molecule has 3 N–H and O–H groups in total. The lowest BCUT2D eigenvalue weighted by Gasteiger charge is -2.27. The van der Waals surface area contributed by atoms with Crippen molar-refractivity contribution in [2.45, 2.75) is 12.3 Å². The zero-order valence-corrected chi connectivity index (χ0v) is 9.99. The summed E-state index contributed by atoms with van der Waals surface area (Å²) >= 11 is 0. The third-order valence-electron chi connectivity index (χ3n) is 2.86. The average molecular weight is 225 g/mol. The number of aliphatic hydroxyl groups is 1. The van der Waals surface area contributed by atoms with Crippen LogP contribution >= 0.6 is 0 Å². The fraction of sp³-hybridized carbons (Fsp3) is 0.500. The number of hydrogen-bond acceptors (Lipinski definition) is 4. The largest absolute Gasteiger partial charge is 0.497 e. The van der Waals surface area contributed by atoms with Crippen molar-refractivity contribution in [3.8, 4) is 11.5 Å². The van der Waals surface area contributed by atoms with Gasteiger partial charge in [0.05, 0.1) is 20.8 Å². The van der Waals surface area contributed by atoms with Gasteiger partial charge in [-0.3, -0.25) is 0 Å². The van der Waals surface area contributed by atoms with Crippen LogP contribution in [0.3, 0.4) is 0 Å². The van der Waals surface area contributed by atoms with Crippen molar-refractivity contribution in [2.75, 3.05) is 27.4 Å². The van der Waals surface area contributed by atoms with E-state index in [2.05, 4.69) is 0 Å². The molecule has 90 valence electrons. The number of benzene rings is 1. The molecule has 0 aromatic heterocycles. The van der Waals surface area contributed by atoms with Gasteiger partial charge in [0, 0.05) is 23.6 Å². The monoisotopic (exact) mass is 225 g/mol. The van der Waals surface area contributed by atoms with Crippen LogP contribution in [0.25, 0.3) is 0 Å². The Kier molecular flexibility index (Phi) is 4.15. The molecule has 0 aliphatic heterocycles. The maximum atomic E-state index is 9.42. The van der Waals surface area contributed by atoms with E-state index < -0.39 is 5.41 Å². The predicted molar refractivity (Wildman–Crippen MR) is 63.0 cm³/mol. The highest BCUT2D eigenvalue weighted by Gasteiger charge is 2.27. The first-order valence-corrected chi connectivity index (χ1v) is 5.14. The summed E-state index contributed by atoms with van der Waals surface area (Å²) in [6.07, 6.45) is 0. The van der Waals surface area contributed by atoms with Crippen LogP contribution in [0, 0.1) is 0 Å². The Balaban J connectivity index is 3.22. The van der Waals surface area contributed by atoms with E-state index in [0.29, 0.717) is 12.3 Å². The van der Waals surface area contributed by atoms with Crippen molar-refractivity contribution in [3.63, 3.8) is 0 Å². The molecule has 1 rings (SSSR count). The van der Waals surface area contributed by atoms with E-state index in [0.717, 1.165) is 11.3 Å². The lowest BCUT2D eigenvalue weighted by Crippen LogP contribution is -2.35. The van der Waals surface area contributed by atoms with Gasteiger partial charge in [0.15, 0.2) is 0 Å². The Morgan fingerprint density at radius 2 is 2.00 bits per heavy atom. The van der Waals surface area contributed by atoms with Crippen LogP contribution in [0.4, 0.5) is 0 Å². The van der Waals surface area contributed by atoms with Gasteiger partial charge in [0.1, 0.15) is 11.5 Å². The number of methoxy groups -OCH3 is 2. The lowest BCUT2D eigenvalue weighted by molar-refractivity contribution is 0.206. The Labute approximate surface area is 96.0 Å². The highest BCUT2D eigenvalue weighted by Crippen LogP contribution is 2.33. The number of hydrogen-bond donors (Lipinski definition) is 2. The summed E-state index contributed by atoms with van der Waals surface area (Å²) < 4.78 is 10.4. The summed E-state index contributed by atoms with van der Waals surface area (Å²) in [5.74, 6) is 1.40. The third-order valence-corrected chi connectivity index (χ3v) is 2.86. The predicted octanol–water partition coefficient (Wildman–Crippen LogP) is 0.913. The average Bonchev–Trinajstić information content (AvgIpc) is 2.37. The molecule has 1 aromatic rings. The van der Waals surface area contributed by atoms with Crippen LogP contribution in [0.2, 0.25) is 0 Å². The molecule has 0 saturated carbocycles. The Morgan fingerprint density at radius 1 is 1.31 bits per heavy atom. The lowest BCUT2D eigenvalue weighted by atomic mass is 9.83. The highest BCUT2D eigenvalue weighted by atomic mass is 16.5. The van der Waals surface area contributed by atoms with Gasteiger partial charge in [0.25, 0.3) is 0 Å². The summed E-state index contributed by atoms with van der Waals surface area (Å²) in [6, 6.07) is 5.50. The number of ether oxygens (including phenoxy) is 2. The van der Waals surface area contributed by atoms with E-state index in [1.807, 2.05) is 19.1 Å². The van der Waals surface area contributed by atoms with E-state index in [-0.39, 0.29) is 6.61 Å². The third kappa shape index (κ3) is 2.28. The minimum absolute atomic E-state index is 0.0216. The van der Waals surface area contributed by atoms with Gasteiger partial charge in [-0.15, -0.1) is 0 Å². The van der Waals surface area contributed by atoms with Gasteiger partial charge in [-0.05, 0) is 6.07 Å². The molecule has 0 saturated heterocycles. The fourth-order valence-electron chi connectivity index (χ4n) is 1.56. The Bertz CT molecular complexity index is 348. The molecule has 0 fully saturated rings. The number of aliphatic hydroxyl groups excluding tert-OH is 1. The van der Waals surface area contributed by atoms with Crippen LogP contribution in [0.1, 0.15) is 12.5 Å². The van der Waals surface area contributed by atoms with Gasteiger partial charge < -0.3 is 20.3 Å². The van der Waals surface area contributed by atoms with Crippen LogP contribution < -0.4 is 15.2 Å². The molecule has 0 spiro atoms. The molecule has 4 heteroatoms. The van der Waals surface area contributed by atoms with Crippen molar-refractivity contribution < 1.29 is 14.6 Å². The van der Waals surface area contributed by atoms with Gasteiger partial charge in [0.2, 0.25) is 0 Å². The van der Waals surface area contributed by atoms with Crippen molar-refractivity contribution in [1.29, 1.82) is 0 Å². The molecule has 16 heavy (non-hydrogen) atoms. The van der Waals surface area contributed by atoms with Crippen molar-refractivity contribution >= 4 is 0 Å². The molecule has 0 aliphatic carbocycles. The maximum absolute atomic E-state index is 9.42. The SMILES string of the molecule is COc1ccc(C(C)(CN)CO)c(OC)c1. The molecule has 0 bridgehead atoms. The van der Waals surface area contributed by atoms with Gasteiger partial charge in [-0.2, -0.15) is 0 Å². The van der Waals surface area contributed by atoms with Crippen molar-refractivity contribution in [3.05, 3.63) is 23.8 Å². The van der Waals surface area contributed by atoms with Gasteiger partial charge in [-0.25, -0.2) is 0 Å². The highest BCUT2D eigenvalue weighted by molar-refractivity contribution is 5.45. The van der Waals surface area contributed by atoms with Crippen LogP contribution in [0.15, 0.2) is 18.2 Å².